The number of aliphatic hydroxyl groups excluding tert-OH is 2. The van der Waals surface area contributed by atoms with Crippen LogP contribution in [0.2, 0.25) is 0 Å². The Kier molecular flexibility index (Phi) is 5.60. The van der Waals surface area contributed by atoms with Crippen LogP contribution in [0, 0.1) is 10.8 Å². The standard InChI is InChI=1S/C29H38O10/c1-16-7-9-26-14-34-23(32)22-28(39-22)10-11-35-27(17(2)30,24(28)33)8-5-4-6-21(31)38-18-13-20(37-19(26)12-16)29(15-36-29)25(18,26)3/h4,6,12,17-20,22,24,30,33H,5,7-11,13-15H2,1-3H3/b6-4-/t17-,18-,19-,20-,22+,24+,25-,26-,27-,28-,29+/m0/s1. The van der Waals surface area contributed by atoms with Gasteiger partial charge < -0.3 is 38.6 Å². The van der Waals surface area contributed by atoms with Crippen LogP contribution >= 0.6 is 0 Å². The van der Waals surface area contributed by atoms with Crippen molar-refractivity contribution in [1.29, 1.82) is 0 Å². The molecule has 0 unspecified atom stereocenters. The molecule has 0 amide bonds. The van der Waals surface area contributed by atoms with E-state index in [-0.39, 0.29) is 31.8 Å². The van der Waals surface area contributed by atoms with E-state index in [0.717, 1.165) is 6.42 Å². The summed E-state index contributed by atoms with van der Waals surface area (Å²) in [7, 11) is 0. The van der Waals surface area contributed by atoms with Gasteiger partial charge >= 0.3 is 11.9 Å². The first-order chi connectivity index (χ1) is 18.5. The molecule has 5 fully saturated rings. The zero-order valence-electron chi connectivity index (χ0n) is 22.7. The number of hydrogen-bond acceptors (Lipinski definition) is 10. The molecule has 0 aromatic heterocycles. The number of carbonyl (C=O) groups excluding carboxylic acids is 2. The van der Waals surface area contributed by atoms with Gasteiger partial charge in [0.2, 0.25) is 0 Å². The molecular weight excluding hydrogens is 508 g/mol. The Morgan fingerprint density at radius 1 is 1.10 bits per heavy atom. The molecule has 39 heavy (non-hydrogen) atoms. The number of epoxide rings is 2. The quantitative estimate of drug-likeness (QED) is 0.283. The summed E-state index contributed by atoms with van der Waals surface area (Å²) < 4.78 is 36.9. The summed E-state index contributed by atoms with van der Waals surface area (Å²) in [5.74, 6) is -1.02. The molecule has 4 saturated heterocycles. The van der Waals surface area contributed by atoms with Gasteiger partial charge in [-0.2, -0.15) is 0 Å². The van der Waals surface area contributed by atoms with Crippen LogP contribution in [0.25, 0.3) is 0 Å². The predicted molar refractivity (Wildman–Crippen MR) is 133 cm³/mol. The Morgan fingerprint density at radius 2 is 1.90 bits per heavy atom. The van der Waals surface area contributed by atoms with Gasteiger partial charge in [-0.1, -0.05) is 24.6 Å². The van der Waals surface area contributed by atoms with Crippen LogP contribution < -0.4 is 0 Å². The van der Waals surface area contributed by atoms with E-state index in [1.165, 1.54) is 11.6 Å². The second-order valence-corrected chi connectivity index (χ2v) is 12.9. The van der Waals surface area contributed by atoms with E-state index >= 15 is 0 Å². The molecule has 4 bridgehead atoms. The van der Waals surface area contributed by atoms with Crippen molar-refractivity contribution in [3.63, 3.8) is 0 Å². The van der Waals surface area contributed by atoms with Gasteiger partial charge in [0.1, 0.15) is 35.6 Å². The average molecular weight is 547 g/mol. The lowest BCUT2D eigenvalue weighted by atomic mass is 9.51. The van der Waals surface area contributed by atoms with Crippen molar-refractivity contribution in [1.82, 2.24) is 0 Å². The van der Waals surface area contributed by atoms with Crippen LogP contribution in [0.15, 0.2) is 23.8 Å². The van der Waals surface area contributed by atoms with Gasteiger partial charge in [-0.05, 0) is 39.5 Å². The Morgan fingerprint density at radius 3 is 2.64 bits per heavy atom. The number of hydrogen-bond donors (Lipinski definition) is 2. The molecule has 1 saturated carbocycles. The first-order valence-electron chi connectivity index (χ1n) is 14.2. The fourth-order valence-electron chi connectivity index (χ4n) is 8.71. The number of esters is 2. The zero-order chi connectivity index (χ0) is 27.4. The van der Waals surface area contributed by atoms with Crippen LogP contribution in [-0.4, -0.2) is 95.4 Å². The summed E-state index contributed by atoms with van der Waals surface area (Å²) in [6, 6.07) is 0. The SMILES string of the molecule is CC1=C[C@@H]2O[C@H]3C[C@@H]4OC(=O)/C=C\CC[C@@]5([C@H](C)O)OCC[C@@]6(O[C@@H]6C(=O)OC[C@]2(CC1)[C@@]4(C)[C@@]31CO1)[C@@H]5O. The van der Waals surface area contributed by atoms with Gasteiger partial charge in [0, 0.05) is 24.3 Å². The van der Waals surface area contributed by atoms with Gasteiger partial charge in [0.15, 0.2) is 6.10 Å². The molecule has 2 aliphatic carbocycles. The summed E-state index contributed by atoms with van der Waals surface area (Å²) in [6.07, 6.45) is 3.80. The molecule has 10 heteroatoms. The first kappa shape index (κ1) is 26.1. The molecule has 2 N–H and O–H groups in total. The fourth-order valence-corrected chi connectivity index (χ4v) is 8.71. The van der Waals surface area contributed by atoms with E-state index < -0.39 is 64.0 Å². The van der Waals surface area contributed by atoms with Crippen molar-refractivity contribution in [2.75, 3.05) is 19.8 Å². The van der Waals surface area contributed by atoms with Crippen molar-refractivity contribution in [3.05, 3.63) is 23.8 Å². The van der Waals surface area contributed by atoms with Crippen LogP contribution in [0.1, 0.15) is 59.3 Å². The maximum absolute atomic E-state index is 13.6. The molecular formula is C29H38O10. The van der Waals surface area contributed by atoms with E-state index in [0.29, 0.717) is 32.3 Å². The van der Waals surface area contributed by atoms with Crippen molar-refractivity contribution in [2.24, 2.45) is 10.8 Å². The maximum Gasteiger partial charge on any atom is 0.338 e. The Bertz CT molecular complexity index is 1140. The second kappa shape index (κ2) is 8.36. The molecule has 5 heterocycles. The smallest absolute Gasteiger partial charge is 0.338 e. The van der Waals surface area contributed by atoms with E-state index in [9.17, 15) is 19.8 Å². The number of allylic oxidation sites excluding steroid dienone is 2. The topological polar surface area (TPSA) is 137 Å². The molecule has 5 aliphatic heterocycles. The number of fused-ring (bicyclic) bond motifs is 1. The minimum atomic E-state index is -1.35. The molecule has 214 valence electrons. The largest absolute Gasteiger partial charge is 0.463 e. The van der Waals surface area contributed by atoms with E-state index in [4.69, 9.17) is 28.4 Å². The Labute approximate surface area is 227 Å². The number of aliphatic hydroxyl groups is 2. The van der Waals surface area contributed by atoms with Crippen molar-refractivity contribution in [3.8, 4) is 0 Å². The van der Waals surface area contributed by atoms with Gasteiger partial charge in [-0.15, -0.1) is 0 Å². The summed E-state index contributed by atoms with van der Waals surface area (Å²) >= 11 is 0. The molecule has 11 atom stereocenters. The van der Waals surface area contributed by atoms with Crippen LogP contribution in [0.5, 0.6) is 0 Å². The van der Waals surface area contributed by atoms with Gasteiger partial charge in [-0.25, -0.2) is 9.59 Å². The highest BCUT2D eigenvalue weighted by molar-refractivity contribution is 5.82. The molecule has 0 radical (unpaired) electrons. The maximum atomic E-state index is 13.6. The van der Waals surface area contributed by atoms with Crippen molar-refractivity contribution < 1.29 is 48.2 Å². The minimum Gasteiger partial charge on any atom is -0.463 e. The summed E-state index contributed by atoms with van der Waals surface area (Å²) in [5, 5.41) is 22.2. The number of carbonyl (C=O) groups is 2. The van der Waals surface area contributed by atoms with Crippen LogP contribution in [0.3, 0.4) is 0 Å². The normalized spacial score (nSPS) is 54.0. The van der Waals surface area contributed by atoms with Crippen molar-refractivity contribution >= 4 is 11.9 Å². The van der Waals surface area contributed by atoms with E-state index in [2.05, 4.69) is 19.9 Å². The number of rotatable bonds is 1. The van der Waals surface area contributed by atoms with Gasteiger partial charge in [0.25, 0.3) is 0 Å². The van der Waals surface area contributed by atoms with E-state index in [1.807, 2.05) is 0 Å². The number of cyclic esters (lactones) is 1. The average Bonchev–Trinajstić information content (AvgIpc) is 3.81. The molecule has 7 aliphatic rings. The predicted octanol–water partition coefficient (Wildman–Crippen LogP) is 1.50. The first-order valence-corrected chi connectivity index (χ1v) is 14.2. The Hall–Kier alpha value is -1.82. The highest BCUT2D eigenvalue weighted by Crippen LogP contribution is 2.72. The lowest BCUT2D eigenvalue weighted by Crippen LogP contribution is -2.67. The Balaban J connectivity index is 1.28. The highest BCUT2D eigenvalue weighted by Gasteiger charge is 2.83. The van der Waals surface area contributed by atoms with Crippen LogP contribution in [0.4, 0.5) is 0 Å². The highest BCUT2D eigenvalue weighted by atomic mass is 16.7. The number of ether oxygens (including phenoxy) is 6. The van der Waals surface area contributed by atoms with Crippen LogP contribution in [-0.2, 0) is 38.0 Å². The summed E-state index contributed by atoms with van der Waals surface area (Å²) in [5.41, 5.74) is -3.24. The second-order valence-electron chi connectivity index (χ2n) is 12.9. The molecule has 3 spiro atoms. The molecule has 10 nitrogen and oxygen atoms in total. The van der Waals surface area contributed by atoms with Crippen molar-refractivity contribution in [2.45, 2.75) is 113 Å². The fraction of sp³-hybridized carbons (Fsp3) is 0.793. The third-order valence-electron chi connectivity index (χ3n) is 11.3. The summed E-state index contributed by atoms with van der Waals surface area (Å²) in [4.78, 5) is 26.7. The molecule has 0 aromatic rings. The third-order valence-corrected chi connectivity index (χ3v) is 11.3. The van der Waals surface area contributed by atoms with E-state index in [1.54, 1.807) is 13.0 Å². The van der Waals surface area contributed by atoms with Gasteiger partial charge in [-0.3, -0.25) is 0 Å². The minimum absolute atomic E-state index is 0.0442. The lowest BCUT2D eigenvalue weighted by molar-refractivity contribution is -0.233. The monoisotopic (exact) mass is 546 g/mol. The molecule has 0 aromatic carbocycles. The van der Waals surface area contributed by atoms with Gasteiger partial charge in [0.05, 0.1) is 36.9 Å². The third kappa shape index (κ3) is 3.24. The molecule has 7 rings (SSSR count). The summed E-state index contributed by atoms with van der Waals surface area (Å²) in [6.45, 7) is 6.50. The lowest BCUT2D eigenvalue weighted by Gasteiger charge is -2.58. The zero-order valence-corrected chi connectivity index (χ0v) is 22.7.